The Balaban J connectivity index is 1.73. The molecule has 6 nitrogen and oxygen atoms in total. The lowest BCUT2D eigenvalue weighted by Gasteiger charge is -2.41. The van der Waals surface area contributed by atoms with Gasteiger partial charge in [0.1, 0.15) is 36.3 Å². The standard InChI is InChI=1S/C22H25ClO6S/c1-28-13-4-2-11(3-5-13)8-12-9-15(14-6-7-30-22(14)17(12)23)21-20(27)19(26)18(25)16(10-24)29-21/h2-5,9,16,18-21,24-27H,6-8,10H2,1H3. The fraction of sp³-hybridized carbons (Fsp3) is 0.455. The Labute approximate surface area is 184 Å². The maximum atomic E-state index is 10.6. The van der Waals surface area contributed by atoms with Crippen LogP contribution in [0.1, 0.15) is 28.4 Å². The van der Waals surface area contributed by atoms with Crippen molar-refractivity contribution in [2.75, 3.05) is 19.5 Å². The third-order valence-electron chi connectivity index (χ3n) is 5.78. The van der Waals surface area contributed by atoms with E-state index in [2.05, 4.69) is 0 Å². The lowest BCUT2D eigenvalue weighted by Crippen LogP contribution is -2.55. The van der Waals surface area contributed by atoms with E-state index >= 15 is 0 Å². The number of rotatable bonds is 5. The van der Waals surface area contributed by atoms with E-state index in [1.807, 2.05) is 30.3 Å². The molecule has 5 atom stereocenters. The number of aliphatic hydroxyl groups excluding tert-OH is 4. The SMILES string of the molecule is COc1ccc(Cc2cc(C3OC(CO)C(O)C(O)C3O)c3c(c2Cl)SCC3)cc1. The van der Waals surface area contributed by atoms with Crippen LogP contribution in [0.2, 0.25) is 5.02 Å². The van der Waals surface area contributed by atoms with Gasteiger partial charge in [0.25, 0.3) is 0 Å². The summed E-state index contributed by atoms with van der Waals surface area (Å²) in [5.74, 6) is 1.64. The minimum atomic E-state index is -1.41. The molecule has 0 spiro atoms. The van der Waals surface area contributed by atoms with Crippen molar-refractivity contribution < 1.29 is 29.9 Å². The van der Waals surface area contributed by atoms with Gasteiger partial charge in [0.05, 0.1) is 18.7 Å². The first kappa shape index (κ1) is 21.9. The highest BCUT2D eigenvalue weighted by Crippen LogP contribution is 2.46. The molecule has 4 N–H and O–H groups in total. The Bertz CT molecular complexity index is 903. The summed E-state index contributed by atoms with van der Waals surface area (Å²) in [5.41, 5.74) is 3.69. The van der Waals surface area contributed by atoms with Crippen LogP contribution in [0.5, 0.6) is 5.75 Å². The topological polar surface area (TPSA) is 99.4 Å². The number of ether oxygens (including phenoxy) is 2. The van der Waals surface area contributed by atoms with E-state index in [9.17, 15) is 20.4 Å². The number of halogens is 1. The molecule has 1 fully saturated rings. The van der Waals surface area contributed by atoms with Crippen LogP contribution < -0.4 is 4.74 Å². The van der Waals surface area contributed by atoms with Crippen LogP contribution >= 0.6 is 23.4 Å². The van der Waals surface area contributed by atoms with Crippen molar-refractivity contribution in [2.45, 2.75) is 48.3 Å². The summed E-state index contributed by atoms with van der Waals surface area (Å²) in [7, 11) is 1.62. The number of fused-ring (bicyclic) bond motifs is 1. The second-order valence-electron chi connectivity index (χ2n) is 7.62. The van der Waals surface area contributed by atoms with Gasteiger partial charge < -0.3 is 29.9 Å². The Morgan fingerprint density at radius 2 is 1.87 bits per heavy atom. The second-order valence-corrected chi connectivity index (χ2v) is 9.10. The van der Waals surface area contributed by atoms with Crippen LogP contribution in [0.15, 0.2) is 35.2 Å². The number of aliphatic hydroxyl groups is 4. The second kappa shape index (κ2) is 9.04. The summed E-state index contributed by atoms with van der Waals surface area (Å²) in [6, 6.07) is 9.66. The number of hydrogen-bond donors (Lipinski definition) is 4. The quantitative estimate of drug-likeness (QED) is 0.551. The molecule has 2 aliphatic heterocycles. The fourth-order valence-electron chi connectivity index (χ4n) is 4.12. The largest absolute Gasteiger partial charge is 0.497 e. The molecule has 4 rings (SSSR count). The van der Waals surface area contributed by atoms with Crippen molar-refractivity contribution in [3.05, 3.63) is 57.6 Å². The molecule has 1 saturated heterocycles. The zero-order valence-electron chi connectivity index (χ0n) is 16.5. The molecule has 2 aromatic rings. The van der Waals surface area contributed by atoms with Gasteiger partial charge in [-0.1, -0.05) is 29.8 Å². The van der Waals surface area contributed by atoms with E-state index in [0.717, 1.165) is 45.1 Å². The molecule has 30 heavy (non-hydrogen) atoms. The molecule has 0 saturated carbocycles. The average molecular weight is 453 g/mol. The molecule has 2 heterocycles. The van der Waals surface area contributed by atoms with Crippen LogP contribution in [-0.4, -0.2) is 64.3 Å². The van der Waals surface area contributed by atoms with E-state index in [-0.39, 0.29) is 0 Å². The Hall–Kier alpha value is -1.32. The van der Waals surface area contributed by atoms with Gasteiger partial charge in [-0.15, -0.1) is 11.8 Å². The molecule has 2 aromatic carbocycles. The van der Waals surface area contributed by atoms with Gasteiger partial charge in [0.15, 0.2) is 0 Å². The van der Waals surface area contributed by atoms with Gasteiger partial charge in [0.2, 0.25) is 0 Å². The van der Waals surface area contributed by atoms with Crippen molar-refractivity contribution in [2.24, 2.45) is 0 Å². The molecule has 0 bridgehead atoms. The first-order valence-electron chi connectivity index (χ1n) is 9.85. The van der Waals surface area contributed by atoms with Gasteiger partial charge in [-0.2, -0.15) is 0 Å². The molecule has 0 amide bonds. The van der Waals surface area contributed by atoms with Gasteiger partial charge >= 0.3 is 0 Å². The molecule has 0 aromatic heterocycles. The molecule has 0 aliphatic carbocycles. The maximum absolute atomic E-state index is 10.6. The van der Waals surface area contributed by atoms with E-state index in [0.29, 0.717) is 11.4 Å². The zero-order chi connectivity index (χ0) is 21.4. The fourth-order valence-corrected chi connectivity index (χ4v) is 5.68. The van der Waals surface area contributed by atoms with E-state index in [4.69, 9.17) is 21.1 Å². The van der Waals surface area contributed by atoms with E-state index in [1.165, 1.54) is 0 Å². The smallest absolute Gasteiger partial charge is 0.118 e. The molecular formula is C22H25ClO6S. The van der Waals surface area contributed by atoms with Crippen LogP contribution in [0.25, 0.3) is 0 Å². The monoisotopic (exact) mass is 452 g/mol. The van der Waals surface area contributed by atoms with Crippen molar-refractivity contribution in [1.82, 2.24) is 0 Å². The minimum Gasteiger partial charge on any atom is -0.497 e. The Kier molecular flexibility index (Phi) is 6.60. The van der Waals surface area contributed by atoms with E-state index < -0.39 is 37.1 Å². The molecular weight excluding hydrogens is 428 g/mol. The lowest BCUT2D eigenvalue weighted by atomic mass is 9.87. The molecule has 2 aliphatic rings. The van der Waals surface area contributed by atoms with Gasteiger partial charge in [-0.05, 0) is 47.2 Å². The first-order chi connectivity index (χ1) is 14.4. The molecule has 162 valence electrons. The normalized spacial score (nSPS) is 28.4. The molecule has 8 heteroatoms. The van der Waals surface area contributed by atoms with E-state index in [1.54, 1.807) is 18.9 Å². The predicted octanol–water partition coefficient (Wildman–Crippen LogP) is 2.10. The number of methoxy groups -OCH3 is 1. The van der Waals surface area contributed by atoms with Crippen molar-refractivity contribution in [3.63, 3.8) is 0 Å². The average Bonchev–Trinajstić information content (AvgIpc) is 3.26. The summed E-state index contributed by atoms with van der Waals surface area (Å²) in [4.78, 5) is 0.967. The number of thioether (sulfide) groups is 1. The lowest BCUT2D eigenvalue weighted by molar-refractivity contribution is -0.231. The maximum Gasteiger partial charge on any atom is 0.118 e. The van der Waals surface area contributed by atoms with Crippen LogP contribution in [0, 0.1) is 0 Å². The van der Waals surface area contributed by atoms with Crippen LogP contribution in [0.4, 0.5) is 0 Å². The Morgan fingerprint density at radius 3 is 2.53 bits per heavy atom. The van der Waals surface area contributed by atoms with Gasteiger partial charge in [-0.25, -0.2) is 0 Å². The summed E-state index contributed by atoms with van der Waals surface area (Å²) in [5, 5.41) is 41.3. The highest BCUT2D eigenvalue weighted by Gasteiger charge is 2.45. The predicted molar refractivity (Wildman–Crippen MR) is 114 cm³/mol. The summed E-state index contributed by atoms with van der Waals surface area (Å²) in [6.07, 6.45) is -4.55. The number of benzene rings is 2. The van der Waals surface area contributed by atoms with Crippen LogP contribution in [0.3, 0.4) is 0 Å². The summed E-state index contributed by atoms with van der Waals surface area (Å²) >= 11 is 8.40. The third-order valence-corrected chi connectivity index (χ3v) is 7.48. The summed E-state index contributed by atoms with van der Waals surface area (Å²) in [6.45, 7) is -0.454. The van der Waals surface area contributed by atoms with Crippen molar-refractivity contribution >= 4 is 23.4 Å². The first-order valence-corrected chi connectivity index (χ1v) is 11.2. The van der Waals surface area contributed by atoms with Crippen molar-refractivity contribution in [1.29, 1.82) is 0 Å². The summed E-state index contributed by atoms with van der Waals surface area (Å²) < 4.78 is 11.1. The molecule has 5 unspecified atom stereocenters. The highest BCUT2D eigenvalue weighted by atomic mass is 35.5. The molecule has 0 radical (unpaired) electrons. The minimum absolute atomic E-state index is 0.454. The number of hydrogen-bond acceptors (Lipinski definition) is 7. The van der Waals surface area contributed by atoms with Crippen LogP contribution in [-0.2, 0) is 17.6 Å². The zero-order valence-corrected chi connectivity index (χ0v) is 18.1. The third kappa shape index (κ3) is 3.96. The van der Waals surface area contributed by atoms with Gasteiger partial charge in [0, 0.05) is 10.6 Å². The Morgan fingerprint density at radius 1 is 1.13 bits per heavy atom. The highest BCUT2D eigenvalue weighted by molar-refractivity contribution is 7.99. The van der Waals surface area contributed by atoms with Gasteiger partial charge in [-0.3, -0.25) is 0 Å². The van der Waals surface area contributed by atoms with Crippen molar-refractivity contribution in [3.8, 4) is 5.75 Å².